The molecular weight excluding hydrogens is 384 g/mol. The molecule has 31 heavy (non-hydrogen) atoms. The Kier molecular flexibility index (Phi) is 6.93. The first kappa shape index (κ1) is 21.5. The monoisotopic (exact) mass is 416 g/mol. The van der Waals surface area contributed by atoms with Crippen molar-refractivity contribution in [3.8, 4) is 11.5 Å². The zero-order chi connectivity index (χ0) is 21.6. The van der Waals surface area contributed by atoms with Crippen molar-refractivity contribution in [1.29, 1.82) is 0 Å². The van der Waals surface area contributed by atoms with E-state index in [-0.39, 0.29) is 0 Å². The topological polar surface area (TPSA) is 38.7 Å². The van der Waals surface area contributed by atoms with Crippen molar-refractivity contribution in [2.75, 3.05) is 0 Å². The fraction of sp³-hybridized carbons (Fsp3) is 0.357. The van der Waals surface area contributed by atoms with Gasteiger partial charge in [-0.3, -0.25) is 0 Å². The first-order valence-electron chi connectivity index (χ1n) is 11.3. The van der Waals surface area contributed by atoms with Gasteiger partial charge in [0.05, 0.1) is 6.10 Å². The second kappa shape index (κ2) is 10.0. The van der Waals surface area contributed by atoms with Gasteiger partial charge in [0.15, 0.2) is 11.5 Å². The number of hydrogen-bond acceptors (Lipinski definition) is 3. The normalized spacial score (nSPS) is 17.9. The third-order valence-corrected chi connectivity index (χ3v) is 6.00. The zero-order valence-electron chi connectivity index (χ0n) is 18.5. The van der Waals surface area contributed by atoms with Crippen LogP contribution in [0.15, 0.2) is 72.8 Å². The predicted molar refractivity (Wildman–Crippen MR) is 124 cm³/mol. The number of ether oxygens (including phenoxy) is 2. The Bertz CT molecular complexity index is 966. The summed E-state index contributed by atoms with van der Waals surface area (Å²) in [6.07, 6.45) is 2.56. The molecular formula is C28H32O3. The van der Waals surface area contributed by atoms with Crippen LogP contribution in [0.3, 0.4) is 0 Å². The Morgan fingerprint density at radius 2 is 1.39 bits per heavy atom. The molecule has 3 heteroatoms. The van der Waals surface area contributed by atoms with Crippen LogP contribution in [0, 0.1) is 11.8 Å². The quantitative estimate of drug-likeness (QED) is 0.456. The minimum Gasteiger partial charge on any atom is -0.485 e. The van der Waals surface area contributed by atoms with Crippen LogP contribution in [-0.2, 0) is 19.6 Å². The molecule has 0 fully saturated rings. The van der Waals surface area contributed by atoms with Crippen molar-refractivity contribution >= 4 is 0 Å². The maximum atomic E-state index is 11.1. The molecule has 2 atom stereocenters. The molecule has 2 unspecified atom stereocenters. The highest BCUT2D eigenvalue weighted by Crippen LogP contribution is 2.43. The average molecular weight is 417 g/mol. The standard InChI is InChI=1S/C28H32O3/c1-20(2)15-24-14-13-23-16-26(30-18-21-9-5-3-6-10-21)27(17-25(23)28(24)29)31-19-22-11-7-4-8-12-22/h3-12,16-17,20,24,28-29H,13-15,18-19H2,1-2H3. The van der Waals surface area contributed by atoms with E-state index in [9.17, 15) is 5.11 Å². The molecule has 0 saturated carbocycles. The van der Waals surface area contributed by atoms with Crippen LogP contribution in [0.2, 0.25) is 0 Å². The number of aryl methyl sites for hydroxylation is 1. The molecule has 0 radical (unpaired) electrons. The Labute approximate surface area is 185 Å². The predicted octanol–water partition coefficient (Wildman–Crippen LogP) is 6.49. The number of aliphatic hydroxyl groups is 1. The first-order chi connectivity index (χ1) is 15.1. The third kappa shape index (κ3) is 5.48. The summed E-state index contributed by atoms with van der Waals surface area (Å²) >= 11 is 0. The summed E-state index contributed by atoms with van der Waals surface area (Å²) in [6, 6.07) is 24.4. The summed E-state index contributed by atoms with van der Waals surface area (Å²) in [5, 5.41) is 11.1. The summed E-state index contributed by atoms with van der Waals surface area (Å²) < 4.78 is 12.4. The second-order valence-corrected chi connectivity index (χ2v) is 8.92. The Morgan fingerprint density at radius 1 is 0.839 bits per heavy atom. The minimum atomic E-state index is -0.451. The van der Waals surface area contributed by atoms with Gasteiger partial charge in [-0.2, -0.15) is 0 Å². The van der Waals surface area contributed by atoms with Crippen molar-refractivity contribution in [1.82, 2.24) is 0 Å². The molecule has 0 heterocycles. The average Bonchev–Trinajstić information content (AvgIpc) is 2.79. The summed E-state index contributed by atoms with van der Waals surface area (Å²) in [5.74, 6) is 2.31. The maximum Gasteiger partial charge on any atom is 0.162 e. The zero-order valence-corrected chi connectivity index (χ0v) is 18.5. The molecule has 3 aromatic rings. The Hall–Kier alpha value is -2.78. The van der Waals surface area contributed by atoms with E-state index in [0.717, 1.165) is 41.7 Å². The summed E-state index contributed by atoms with van der Waals surface area (Å²) in [5.41, 5.74) is 4.38. The third-order valence-electron chi connectivity index (χ3n) is 6.00. The Balaban J connectivity index is 1.59. The SMILES string of the molecule is CC(C)CC1CCc2cc(OCc3ccccc3)c(OCc3ccccc3)cc2C1O. The van der Waals surface area contributed by atoms with Crippen molar-refractivity contribution in [2.24, 2.45) is 11.8 Å². The molecule has 0 saturated heterocycles. The molecule has 162 valence electrons. The van der Waals surface area contributed by atoms with E-state index in [0.29, 0.717) is 30.8 Å². The van der Waals surface area contributed by atoms with Crippen molar-refractivity contribution < 1.29 is 14.6 Å². The molecule has 0 bridgehead atoms. The van der Waals surface area contributed by atoms with Gasteiger partial charge < -0.3 is 14.6 Å². The highest BCUT2D eigenvalue weighted by Gasteiger charge is 2.30. The van der Waals surface area contributed by atoms with Gasteiger partial charge in [0.1, 0.15) is 13.2 Å². The molecule has 1 aliphatic rings. The van der Waals surface area contributed by atoms with E-state index in [2.05, 4.69) is 44.2 Å². The smallest absolute Gasteiger partial charge is 0.162 e. The van der Waals surface area contributed by atoms with E-state index in [1.165, 1.54) is 5.56 Å². The highest BCUT2D eigenvalue weighted by molar-refractivity contribution is 5.49. The van der Waals surface area contributed by atoms with Gasteiger partial charge in [0, 0.05) is 0 Å². The van der Waals surface area contributed by atoms with Gasteiger partial charge in [0.2, 0.25) is 0 Å². The van der Waals surface area contributed by atoms with Crippen molar-refractivity contribution in [2.45, 2.75) is 52.4 Å². The van der Waals surface area contributed by atoms with Gasteiger partial charge in [-0.25, -0.2) is 0 Å². The van der Waals surface area contributed by atoms with Gasteiger partial charge in [-0.15, -0.1) is 0 Å². The molecule has 3 nitrogen and oxygen atoms in total. The number of fused-ring (bicyclic) bond motifs is 1. The van der Waals surface area contributed by atoms with Crippen LogP contribution in [-0.4, -0.2) is 5.11 Å². The molecule has 1 N–H and O–H groups in total. The highest BCUT2D eigenvalue weighted by atomic mass is 16.5. The van der Waals surface area contributed by atoms with Crippen LogP contribution in [0.1, 0.15) is 55.0 Å². The number of hydrogen-bond donors (Lipinski definition) is 1. The first-order valence-corrected chi connectivity index (χ1v) is 11.3. The summed E-state index contributed by atoms with van der Waals surface area (Å²) in [7, 11) is 0. The van der Waals surface area contributed by atoms with E-state index >= 15 is 0 Å². The van der Waals surface area contributed by atoms with E-state index in [1.807, 2.05) is 42.5 Å². The van der Waals surface area contributed by atoms with Crippen molar-refractivity contribution in [3.05, 3.63) is 95.1 Å². The molecule has 1 aliphatic carbocycles. The lowest BCUT2D eigenvalue weighted by molar-refractivity contribution is 0.0804. The number of benzene rings is 3. The van der Waals surface area contributed by atoms with E-state index < -0.39 is 6.10 Å². The minimum absolute atomic E-state index is 0.297. The maximum absolute atomic E-state index is 11.1. The molecule has 0 amide bonds. The van der Waals surface area contributed by atoms with E-state index in [4.69, 9.17) is 9.47 Å². The Morgan fingerprint density at radius 3 is 1.94 bits per heavy atom. The summed E-state index contributed by atoms with van der Waals surface area (Å²) in [4.78, 5) is 0. The van der Waals surface area contributed by atoms with Gasteiger partial charge in [-0.05, 0) is 65.5 Å². The molecule has 3 aromatic carbocycles. The van der Waals surface area contributed by atoms with Crippen LogP contribution >= 0.6 is 0 Å². The fourth-order valence-corrected chi connectivity index (χ4v) is 4.41. The molecule has 0 spiro atoms. The van der Waals surface area contributed by atoms with Crippen LogP contribution in [0.4, 0.5) is 0 Å². The number of rotatable bonds is 8. The van der Waals surface area contributed by atoms with Gasteiger partial charge in [-0.1, -0.05) is 74.5 Å². The largest absolute Gasteiger partial charge is 0.485 e. The lowest BCUT2D eigenvalue weighted by Crippen LogP contribution is -2.22. The van der Waals surface area contributed by atoms with E-state index in [1.54, 1.807) is 0 Å². The van der Waals surface area contributed by atoms with Crippen molar-refractivity contribution in [3.63, 3.8) is 0 Å². The summed E-state index contributed by atoms with van der Waals surface area (Å²) in [6.45, 7) is 5.39. The molecule has 0 aromatic heterocycles. The van der Waals surface area contributed by atoms with Gasteiger partial charge >= 0.3 is 0 Å². The lowest BCUT2D eigenvalue weighted by Gasteiger charge is -2.32. The van der Waals surface area contributed by atoms with Crippen LogP contribution in [0.5, 0.6) is 11.5 Å². The number of aliphatic hydroxyl groups excluding tert-OH is 1. The molecule has 4 rings (SSSR count). The van der Waals surface area contributed by atoms with Crippen LogP contribution < -0.4 is 9.47 Å². The fourth-order valence-electron chi connectivity index (χ4n) is 4.41. The van der Waals surface area contributed by atoms with Crippen LogP contribution in [0.25, 0.3) is 0 Å². The second-order valence-electron chi connectivity index (χ2n) is 8.92. The lowest BCUT2D eigenvalue weighted by atomic mass is 9.77. The van der Waals surface area contributed by atoms with Gasteiger partial charge in [0.25, 0.3) is 0 Å². The molecule has 0 aliphatic heterocycles.